The molecule has 13 heavy (non-hydrogen) atoms. The van der Waals surface area contributed by atoms with Gasteiger partial charge in [0.05, 0.1) is 18.8 Å². The molecule has 0 saturated heterocycles. The van der Waals surface area contributed by atoms with Crippen molar-refractivity contribution in [2.24, 2.45) is 5.73 Å². The summed E-state index contributed by atoms with van der Waals surface area (Å²) in [7, 11) is 0. The third-order valence-corrected chi connectivity index (χ3v) is 2.47. The zero-order valence-electron chi connectivity index (χ0n) is 7.46. The van der Waals surface area contributed by atoms with Gasteiger partial charge in [0.15, 0.2) is 0 Å². The van der Waals surface area contributed by atoms with E-state index in [0.29, 0.717) is 6.61 Å². The first-order valence-electron chi connectivity index (χ1n) is 4.34. The minimum Gasteiger partial charge on any atom is -0.372 e. The minimum absolute atomic E-state index is 0.0331. The number of nitrogens with two attached hydrogens (primary N) is 1. The van der Waals surface area contributed by atoms with E-state index in [-0.39, 0.29) is 18.0 Å². The van der Waals surface area contributed by atoms with E-state index in [0.717, 1.165) is 11.1 Å². The molecule has 2 nitrogen and oxygen atoms in total. The van der Waals surface area contributed by atoms with Gasteiger partial charge in [-0.2, -0.15) is 0 Å². The number of fused-ring (bicyclic) bond motifs is 1. The highest BCUT2D eigenvalue weighted by molar-refractivity contribution is 5.32. The van der Waals surface area contributed by atoms with Crippen LogP contribution in [0.5, 0.6) is 0 Å². The van der Waals surface area contributed by atoms with Crippen LogP contribution >= 0.6 is 0 Å². The minimum atomic E-state index is -0.233. The van der Waals surface area contributed by atoms with Crippen LogP contribution in [0.3, 0.4) is 0 Å². The number of hydrogen-bond acceptors (Lipinski definition) is 2. The summed E-state index contributed by atoms with van der Waals surface area (Å²) in [6, 6.07) is 4.46. The van der Waals surface area contributed by atoms with Crippen LogP contribution < -0.4 is 5.73 Å². The highest BCUT2D eigenvalue weighted by Gasteiger charge is 2.23. The first-order chi connectivity index (χ1) is 6.18. The third-order valence-electron chi connectivity index (χ3n) is 2.47. The van der Waals surface area contributed by atoms with E-state index >= 15 is 0 Å². The predicted octanol–water partition coefficient (Wildman–Crippen LogP) is 1.74. The number of benzene rings is 1. The Hall–Kier alpha value is -0.930. The topological polar surface area (TPSA) is 35.2 Å². The maximum absolute atomic E-state index is 12.9. The first-order valence-corrected chi connectivity index (χ1v) is 4.34. The van der Waals surface area contributed by atoms with E-state index in [1.165, 1.54) is 12.1 Å². The van der Waals surface area contributed by atoms with Gasteiger partial charge in [-0.05, 0) is 30.2 Å². The van der Waals surface area contributed by atoms with Crippen molar-refractivity contribution in [1.82, 2.24) is 0 Å². The average molecular weight is 181 g/mol. The van der Waals surface area contributed by atoms with Crippen molar-refractivity contribution >= 4 is 0 Å². The summed E-state index contributed by atoms with van der Waals surface area (Å²) in [6.07, 6.45) is -0.0331. The second-order valence-corrected chi connectivity index (χ2v) is 3.39. The van der Waals surface area contributed by atoms with Crippen molar-refractivity contribution in [2.45, 2.75) is 25.7 Å². The Labute approximate surface area is 76.5 Å². The van der Waals surface area contributed by atoms with Crippen molar-refractivity contribution in [3.8, 4) is 0 Å². The number of ether oxygens (including phenoxy) is 1. The lowest BCUT2D eigenvalue weighted by atomic mass is 9.95. The summed E-state index contributed by atoms with van der Waals surface area (Å²) in [5, 5.41) is 0. The largest absolute Gasteiger partial charge is 0.372 e. The Morgan fingerprint density at radius 1 is 1.54 bits per heavy atom. The molecule has 0 radical (unpaired) electrons. The Bertz CT molecular complexity index is 327. The fourth-order valence-electron chi connectivity index (χ4n) is 1.59. The normalized spacial score (nSPS) is 27.0. The lowest BCUT2D eigenvalue weighted by molar-refractivity contribution is 0.0212. The van der Waals surface area contributed by atoms with Gasteiger partial charge >= 0.3 is 0 Å². The lowest BCUT2D eigenvalue weighted by Gasteiger charge is -2.28. The average Bonchev–Trinajstić information content (AvgIpc) is 2.12. The van der Waals surface area contributed by atoms with Gasteiger partial charge in [-0.25, -0.2) is 4.39 Å². The zero-order valence-corrected chi connectivity index (χ0v) is 7.46. The van der Waals surface area contributed by atoms with Crippen LogP contribution in [0, 0.1) is 5.82 Å². The quantitative estimate of drug-likeness (QED) is 0.661. The summed E-state index contributed by atoms with van der Waals surface area (Å²) in [4.78, 5) is 0. The smallest absolute Gasteiger partial charge is 0.123 e. The summed E-state index contributed by atoms with van der Waals surface area (Å²) in [5.74, 6) is -0.233. The standard InChI is InChI=1S/C10H12FNO/c1-6-10(12)9-4-8(11)3-2-7(9)5-13-6/h2-4,6,10H,5,12H2,1H3/t6-,10-/m0/s1. The Morgan fingerprint density at radius 3 is 3.08 bits per heavy atom. The third kappa shape index (κ3) is 1.45. The molecule has 0 aliphatic carbocycles. The van der Waals surface area contributed by atoms with Crippen molar-refractivity contribution in [1.29, 1.82) is 0 Å². The van der Waals surface area contributed by atoms with Crippen molar-refractivity contribution < 1.29 is 9.13 Å². The molecule has 2 rings (SSSR count). The van der Waals surface area contributed by atoms with E-state index in [1.54, 1.807) is 6.07 Å². The summed E-state index contributed by atoms with van der Waals surface area (Å²) < 4.78 is 18.3. The first kappa shape index (κ1) is 8.66. The molecule has 1 aromatic rings. The monoisotopic (exact) mass is 181 g/mol. The number of hydrogen-bond donors (Lipinski definition) is 1. The molecular weight excluding hydrogens is 169 g/mol. The Kier molecular flexibility index (Phi) is 2.06. The van der Waals surface area contributed by atoms with Gasteiger partial charge in [0.1, 0.15) is 5.82 Å². The highest BCUT2D eigenvalue weighted by Crippen LogP contribution is 2.27. The van der Waals surface area contributed by atoms with E-state index in [1.807, 2.05) is 6.92 Å². The molecule has 0 amide bonds. The molecule has 2 N–H and O–H groups in total. The van der Waals surface area contributed by atoms with Crippen LogP contribution in [-0.4, -0.2) is 6.10 Å². The van der Waals surface area contributed by atoms with Crippen molar-refractivity contribution in [3.05, 3.63) is 35.1 Å². The van der Waals surface area contributed by atoms with Gasteiger partial charge in [0.25, 0.3) is 0 Å². The molecule has 0 unspecified atom stereocenters. The fourth-order valence-corrected chi connectivity index (χ4v) is 1.59. The SMILES string of the molecule is C[C@@H]1OCc2ccc(F)cc2[C@H]1N. The van der Waals surface area contributed by atoms with Crippen LogP contribution in [0.4, 0.5) is 4.39 Å². The Morgan fingerprint density at radius 2 is 2.31 bits per heavy atom. The number of halogens is 1. The van der Waals surface area contributed by atoms with Crippen LogP contribution in [0.1, 0.15) is 24.1 Å². The maximum Gasteiger partial charge on any atom is 0.123 e. The van der Waals surface area contributed by atoms with Crippen LogP contribution in [-0.2, 0) is 11.3 Å². The zero-order chi connectivity index (χ0) is 9.42. The van der Waals surface area contributed by atoms with Crippen LogP contribution in [0.15, 0.2) is 18.2 Å². The summed E-state index contributed by atoms with van der Waals surface area (Å²) >= 11 is 0. The summed E-state index contributed by atoms with van der Waals surface area (Å²) in [5.41, 5.74) is 7.73. The molecule has 1 aliphatic heterocycles. The van der Waals surface area contributed by atoms with Crippen LogP contribution in [0.2, 0.25) is 0 Å². The highest BCUT2D eigenvalue weighted by atomic mass is 19.1. The van der Waals surface area contributed by atoms with E-state index in [2.05, 4.69) is 0 Å². The van der Waals surface area contributed by atoms with Crippen molar-refractivity contribution in [3.63, 3.8) is 0 Å². The predicted molar refractivity (Wildman–Crippen MR) is 47.6 cm³/mol. The molecule has 1 aromatic carbocycles. The molecule has 0 fully saturated rings. The molecule has 1 aliphatic rings. The van der Waals surface area contributed by atoms with Gasteiger partial charge in [-0.15, -0.1) is 0 Å². The molecular formula is C10H12FNO. The van der Waals surface area contributed by atoms with Gasteiger partial charge in [0.2, 0.25) is 0 Å². The molecule has 2 atom stereocenters. The summed E-state index contributed by atoms with van der Waals surface area (Å²) in [6.45, 7) is 2.43. The van der Waals surface area contributed by atoms with Crippen molar-refractivity contribution in [2.75, 3.05) is 0 Å². The lowest BCUT2D eigenvalue weighted by Crippen LogP contribution is -2.31. The Balaban J connectivity index is 2.45. The molecule has 1 heterocycles. The molecule has 0 aromatic heterocycles. The second-order valence-electron chi connectivity index (χ2n) is 3.39. The molecule has 3 heteroatoms. The van der Waals surface area contributed by atoms with Gasteiger partial charge < -0.3 is 10.5 Å². The molecule has 70 valence electrons. The maximum atomic E-state index is 12.9. The molecule has 0 bridgehead atoms. The number of rotatable bonds is 0. The van der Waals surface area contributed by atoms with E-state index in [4.69, 9.17) is 10.5 Å². The van der Waals surface area contributed by atoms with E-state index < -0.39 is 0 Å². The van der Waals surface area contributed by atoms with Gasteiger partial charge in [0, 0.05) is 0 Å². The molecule has 0 spiro atoms. The van der Waals surface area contributed by atoms with Gasteiger partial charge in [-0.1, -0.05) is 6.07 Å². The van der Waals surface area contributed by atoms with Gasteiger partial charge in [-0.3, -0.25) is 0 Å². The van der Waals surface area contributed by atoms with Crippen LogP contribution in [0.25, 0.3) is 0 Å². The second kappa shape index (κ2) is 3.09. The van der Waals surface area contributed by atoms with E-state index in [9.17, 15) is 4.39 Å². The molecule has 0 saturated carbocycles. The fraction of sp³-hybridized carbons (Fsp3) is 0.400.